The second-order valence-corrected chi connectivity index (χ2v) is 5.51. The second kappa shape index (κ2) is 6.42. The lowest BCUT2D eigenvalue weighted by molar-refractivity contribution is 0.0693. The van der Waals surface area contributed by atoms with Crippen LogP contribution in [0.2, 0.25) is 0 Å². The van der Waals surface area contributed by atoms with Gasteiger partial charge in [-0.25, -0.2) is 17.8 Å². The number of fused-ring (bicyclic) bond motifs is 1. The fourth-order valence-corrected chi connectivity index (χ4v) is 2.64. The van der Waals surface area contributed by atoms with Crippen LogP contribution in [0, 0.1) is 11.6 Å². The molecule has 0 aliphatic heterocycles. The summed E-state index contributed by atoms with van der Waals surface area (Å²) >= 11 is 0. The molecule has 0 amide bonds. The Kier molecular flexibility index (Phi) is 4.44. The molecule has 25 heavy (non-hydrogen) atoms. The van der Waals surface area contributed by atoms with E-state index < -0.39 is 41.8 Å². The molecule has 5 nitrogen and oxygen atoms in total. The third-order valence-electron chi connectivity index (χ3n) is 3.81. The van der Waals surface area contributed by atoms with E-state index in [9.17, 15) is 27.0 Å². The van der Waals surface area contributed by atoms with Gasteiger partial charge in [-0.1, -0.05) is 0 Å². The maximum absolute atomic E-state index is 14.1. The van der Waals surface area contributed by atoms with Crippen molar-refractivity contribution in [3.05, 3.63) is 39.7 Å². The number of benzene rings is 1. The van der Waals surface area contributed by atoms with Gasteiger partial charge in [0.2, 0.25) is 11.2 Å². The number of nitrogens with zero attached hydrogens (tertiary/aromatic N) is 1. The predicted octanol–water partition coefficient (Wildman–Crippen LogP) is 3.09. The van der Waals surface area contributed by atoms with Crippen molar-refractivity contribution in [2.45, 2.75) is 25.8 Å². The molecule has 0 radical (unpaired) electrons. The molecule has 10 heteroatoms. The van der Waals surface area contributed by atoms with Crippen LogP contribution in [0.4, 0.5) is 17.4 Å². The van der Waals surface area contributed by atoms with E-state index in [0.29, 0.717) is 18.9 Å². The average Bonchev–Trinajstić information content (AvgIpc) is 3.36. The van der Waals surface area contributed by atoms with E-state index >= 15 is 0 Å². The summed E-state index contributed by atoms with van der Waals surface area (Å²) < 4.78 is 62.9. The molecule has 1 fully saturated rings. The fraction of sp³-hybridized carbons (Fsp3) is 0.333. The highest BCUT2D eigenvalue weighted by molar-refractivity contribution is 6.38. The Bertz CT molecular complexity index is 911. The van der Waals surface area contributed by atoms with Gasteiger partial charge in [0.15, 0.2) is 11.6 Å². The molecule has 1 aliphatic carbocycles. The molecule has 3 rings (SSSR count). The third kappa shape index (κ3) is 3.08. The molecule has 0 N–H and O–H groups in total. The van der Waals surface area contributed by atoms with Gasteiger partial charge in [0.1, 0.15) is 5.56 Å². The Morgan fingerprint density at radius 1 is 1.36 bits per heavy atom. The highest BCUT2D eigenvalue weighted by atomic mass is 19.2. The zero-order chi connectivity index (χ0) is 18.3. The van der Waals surface area contributed by atoms with Crippen LogP contribution in [0.15, 0.2) is 17.1 Å². The average molecular weight is 357 g/mol. The predicted molar refractivity (Wildman–Crippen MR) is 80.9 cm³/mol. The van der Waals surface area contributed by atoms with Gasteiger partial charge in [-0.3, -0.25) is 4.79 Å². The summed E-state index contributed by atoms with van der Waals surface area (Å²) in [6.07, 6.45) is 2.38. The zero-order valence-electron chi connectivity index (χ0n) is 13.0. The normalized spacial score (nSPS) is 13.8. The Balaban J connectivity index is 2.34. The first-order valence-corrected chi connectivity index (χ1v) is 7.53. The quantitative estimate of drug-likeness (QED) is 0.610. The van der Waals surface area contributed by atoms with Gasteiger partial charge in [0.25, 0.3) is 0 Å². The molecule has 0 spiro atoms. The third-order valence-corrected chi connectivity index (χ3v) is 3.81. The van der Waals surface area contributed by atoms with Crippen LogP contribution in [0.1, 0.15) is 36.2 Å². The summed E-state index contributed by atoms with van der Waals surface area (Å²) in [5, 5.41) is -0.335. The lowest BCUT2D eigenvalue weighted by atomic mass is 10.1. The van der Waals surface area contributed by atoms with E-state index in [-0.39, 0.29) is 23.6 Å². The highest BCUT2D eigenvalue weighted by Gasteiger charge is 2.32. The summed E-state index contributed by atoms with van der Waals surface area (Å²) in [5.74, 6) is -4.57. The molecular formula is C15H12BF4NO4. The molecule has 1 aliphatic rings. The lowest BCUT2D eigenvalue weighted by Crippen LogP contribution is -2.24. The van der Waals surface area contributed by atoms with Crippen LogP contribution in [0.25, 0.3) is 10.9 Å². The van der Waals surface area contributed by atoms with Crippen molar-refractivity contribution in [2.24, 2.45) is 0 Å². The molecule has 0 atom stereocenters. The van der Waals surface area contributed by atoms with Gasteiger partial charge >= 0.3 is 13.4 Å². The van der Waals surface area contributed by atoms with Crippen LogP contribution in [0.5, 0.6) is 5.75 Å². The molecule has 0 saturated heterocycles. The van der Waals surface area contributed by atoms with E-state index in [1.54, 1.807) is 6.92 Å². The van der Waals surface area contributed by atoms with E-state index in [0.717, 1.165) is 6.20 Å². The molecule has 2 aromatic rings. The number of rotatable bonds is 5. The minimum absolute atomic E-state index is 0.0122. The number of carbonyl (C=O) groups is 1. The number of halogens is 4. The number of hydrogen-bond donors (Lipinski definition) is 0. The van der Waals surface area contributed by atoms with Crippen molar-refractivity contribution >= 4 is 24.3 Å². The van der Waals surface area contributed by atoms with Crippen molar-refractivity contribution in [1.82, 2.24) is 4.57 Å². The van der Waals surface area contributed by atoms with Gasteiger partial charge in [-0.05, 0) is 25.8 Å². The molecule has 132 valence electrons. The second-order valence-electron chi connectivity index (χ2n) is 5.51. The Labute approximate surface area is 139 Å². The summed E-state index contributed by atoms with van der Waals surface area (Å²) in [4.78, 5) is 24.2. The van der Waals surface area contributed by atoms with Crippen LogP contribution < -0.4 is 10.2 Å². The Hall–Kier alpha value is -2.52. The SMILES string of the molecule is CCOc1c(F)c(F)cc2c(=O)c(C(=O)OB(F)F)cn(C3CC3)c12. The minimum Gasteiger partial charge on any atom is -0.489 e. The first-order valence-electron chi connectivity index (χ1n) is 7.53. The van der Waals surface area contributed by atoms with Crippen molar-refractivity contribution in [3.8, 4) is 5.75 Å². The van der Waals surface area contributed by atoms with Crippen LogP contribution in [-0.2, 0) is 4.65 Å². The van der Waals surface area contributed by atoms with Gasteiger partial charge in [-0.2, -0.15) is 4.39 Å². The zero-order valence-corrected chi connectivity index (χ0v) is 13.0. The van der Waals surface area contributed by atoms with Crippen molar-refractivity contribution < 1.29 is 31.6 Å². The number of hydrogen-bond acceptors (Lipinski definition) is 4. The van der Waals surface area contributed by atoms with Crippen molar-refractivity contribution in [3.63, 3.8) is 0 Å². The molecular weight excluding hydrogens is 345 g/mol. The molecule has 1 heterocycles. The molecule has 1 aromatic heterocycles. The van der Waals surface area contributed by atoms with Gasteiger partial charge in [-0.15, -0.1) is 0 Å². The molecule has 1 saturated carbocycles. The monoisotopic (exact) mass is 357 g/mol. The first-order chi connectivity index (χ1) is 11.8. The van der Waals surface area contributed by atoms with E-state index in [1.807, 2.05) is 0 Å². The lowest BCUT2D eigenvalue weighted by Gasteiger charge is -2.16. The first kappa shape index (κ1) is 17.3. The Morgan fingerprint density at radius 2 is 2.04 bits per heavy atom. The largest absolute Gasteiger partial charge is 0.798 e. The van der Waals surface area contributed by atoms with Crippen molar-refractivity contribution in [2.75, 3.05) is 6.61 Å². The summed E-state index contributed by atoms with van der Waals surface area (Å²) in [7, 11) is -3.40. The van der Waals surface area contributed by atoms with E-state index in [2.05, 4.69) is 4.65 Å². The molecule has 0 bridgehead atoms. The number of aromatic nitrogens is 1. The Morgan fingerprint density at radius 3 is 2.60 bits per heavy atom. The van der Waals surface area contributed by atoms with E-state index in [4.69, 9.17) is 4.74 Å². The summed E-state index contributed by atoms with van der Waals surface area (Å²) in [6, 6.07) is 0.457. The maximum Gasteiger partial charge on any atom is 0.798 e. The molecule has 0 unspecified atom stereocenters. The summed E-state index contributed by atoms with van der Waals surface area (Å²) in [6.45, 7) is 1.58. The van der Waals surface area contributed by atoms with Gasteiger partial charge in [0.05, 0.1) is 17.5 Å². The van der Waals surface area contributed by atoms with Crippen LogP contribution in [-0.4, -0.2) is 24.6 Å². The van der Waals surface area contributed by atoms with Gasteiger partial charge in [0, 0.05) is 12.2 Å². The topological polar surface area (TPSA) is 57.5 Å². The number of ether oxygens (including phenoxy) is 1. The van der Waals surface area contributed by atoms with E-state index in [1.165, 1.54) is 4.57 Å². The fourth-order valence-electron chi connectivity index (χ4n) is 2.64. The van der Waals surface area contributed by atoms with Crippen LogP contribution in [0.3, 0.4) is 0 Å². The maximum atomic E-state index is 14.1. The number of carbonyl (C=O) groups excluding carboxylic acids is 1. The van der Waals surface area contributed by atoms with Crippen molar-refractivity contribution in [1.29, 1.82) is 0 Å². The number of pyridine rings is 1. The molecule has 1 aromatic carbocycles. The summed E-state index contributed by atoms with van der Waals surface area (Å²) in [5.41, 5.74) is -1.72. The standard InChI is InChI=1S/C15H12BF4NO4/c1-2-24-14-11(18)10(17)5-8-12(14)21(7-3-4-7)6-9(13(8)22)15(23)25-16(19)20/h5-7H,2-4H2,1H3. The smallest absolute Gasteiger partial charge is 0.489 e. The minimum atomic E-state index is -3.40. The van der Waals surface area contributed by atoms with Gasteiger partial charge < -0.3 is 14.0 Å². The highest BCUT2D eigenvalue weighted by Crippen LogP contribution is 2.40. The van der Waals surface area contributed by atoms with Crippen LogP contribution >= 0.6 is 0 Å².